The second-order valence-electron chi connectivity index (χ2n) is 7.20. The molecule has 2 aromatic rings. The van der Waals surface area contributed by atoms with Gasteiger partial charge >= 0.3 is 6.18 Å². The minimum atomic E-state index is -4.24. The van der Waals surface area contributed by atoms with Crippen molar-refractivity contribution in [2.24, 2.45) is 17.6 Å². The number of hydrogen-bond donors (Lipinski definition) is 1. The lowest BCUT2D eigenvalue weighted by atomic mass is 9.60. The van der Waals surface area contributed by atoms with Gasteiger partial charge in [-0.25, -0.2) is 14.3 Å². The van der Waals surface area contributed by atoms with Gasteiger partial charge in [0.2, 0.25) is 0 Å². The molecule has 1 aliphatic heterocycles. The highest BCUT2D eigenvalue weighted by molar-refractivity contribution is 7.94. The van der Waals surface area contributed by atoms with E-state index >= 15 is 0 Å². The van der Waals surface area contributed by atoms with Crippen molar-refractivity contribution in [3.8, 4) is 0 Å². The highest BCUT2D eigenvalue weighted by Gasteiger charge is 2.55. The van der Waals surface area contributed by atoms with Gasteiger partial charge in [-0.2, -0.15) is 13.2 Å². The van der Waals surface area contributed by atoms with E-state index in [2.05, 4.69) is 14.9 Å². The largest absolute Gasteiger partial charge is 0.402 e. The van der Waals surface area contributed by atoms with Crippen LogP contribution < -0.4 is 10.0 Å². The first-order valence-corrected chi connectivity index (χ1v) is 9.33. The summed E-state index contributed by atoms with van der Waals surface area (Å²) in [6, 6.07) is -0.135. The molecule has 1 spiro atoms. The molecule has 2 N–H and O–H groups in total. The van der Waals surface area contributed by atoms with E-state index in [1.165, 1.54) is 10.6 Å². The number of aryl methyl sites for hydroxylation is 1. The monoisotopic (exact) mass is 406 g/mol. The molecule has 2 fully saturated rings. The maximum Gasteiger partial charge on any atom is 0.402 e. The van der Waals surface area contributed by atoms with E-state index in [4.69, 9.17) is 16.7 Å². The standard InChI is InChI=1S/C15H18ClF3N6S/c1-23-4-10(16)11-12(23)13(22-8-21-11)24-5-14(6-24)2-9(3-14)25(26-20)7-15(17,18)19/h4,8-9H,2-3,5-7,20H2,1H3. The maximum atomic E-state index is 12.6. The molecule has 2 aromatic heterocycles. The van der Waals surface area contributed by atoms with Crippen molar-refractivity contribution >= 4 is 40.6 Å². The number of rotatable bonds is 4. The molecule has 3 heterocycles. The first-order valence-electron chi connectivity index (χ1n) is 8.12. The fraction of sp³-hybridized carbons (Fsp3) is 0.600. The lowest BCUT2D eigenvalue weighted by molar-refractivity contribution is -0.145. The third-order valence-electron chi connectivity index (χ3n) is 5.26. The van der Waals surface area contributed by atoms with Crippen LogP contribution in [0, 0.1) is 5.41 Å². The van der Waals surface area contributed by atoms with Crippen LogP contribution in [0.3, 0.4) is 0 Å². The lowest BCUT2D eigenvalue weighted by Crippen LogP contribution is -2.66. The Labute approximate surface area is 157 Å². The van der Waals surface area contributed by atoms with E-state index in [-0.39, 0.29) is 11.5 Å². The average Bonchev–Trinajstić information content (AvgIpc) is 2.77. The normalized spacial score (nSPS) is 20.0. The van der Waals surface area contributed by atoms with Gasteiger partial charge in [-0.15, -0.1) is 0 Å². The predicted octanol–water partition coefficient (Wildman–Crippen LogP) is 2.98. The summed E-state index contributed by atoms with van der Waals surface area (Å²) < 4.78 is 41.0. The molecule has 26 heavy (non-hydrogen) atoms. The second kappa shape index (κ2) is 6.15. The lowest BCUT2D eigenvalue weighted by Gasteiger charge is -2.61. The molecule has 0 atom stereocenters. The average molecular weight is 407 g/mol. The molecule has 1 saturated carbocycles. The van der Waals surface area contributed by atoms with Crippen molar-refractivity contribution in [1.29, 1.82) is 0 Å². The van der Waals surface area contributed by atoms with Crippen LogP contribution in [-0.4, -0.2) is 50.7 Å². The summed E-state index contributed by atoms with van der Waals surface area (Å²) >= 11 is 6.87. The zero-order valence-corrected chi connectivity index (χ0v) is 15.6. The molecular formula is C15H18ClF3N6S. The smallest absolute Gasteiger partial charge is 0.354 e. The number of halogens is 4. The van der Waals surface area contributed by atoms with Crippen LogP contribution in [0.25, 0.3) is 11.0 Å². The van der Waals surface area contributed by atoms with Crippen molar-refractivity contribution in [3.05, 3.63) is 17.5 Å². The number of alkyl halides is 3. The van der Waals surface area contributed by atoms with Gasteiger partial charge in [0.05, 0.1) is 5.02 Å². The van der Waals surface area contributed by atoms with Gasteiger partial charge in [-0.1, -0.05) is 11.6 Å². The van der Waals surface area contributed by atoms with Crippen LogP contribution in [0.1, 0.15) is 12.8 Å². The minimum Gasteiger partial charge on any atom is -0.354 e. The number of aromatic nitrogens is 3. The Morgan fingerprint density at radius 3 is 2.69 bits per heavy atom. The molecule has 0 aromatic carbocycles. The SMILES string of the molecule is Cn1cc(Cl)c2ncnc(N3CC4(CC(N(CC(F)(F)F)SN)C4)C3)c21. The fourth-order valence-corrected chi connectivity index (χ4v) is 4.97. The van der Waals surface area contributed by atoms with Crippen LogP contribution in [0.15, 0.2) is 12.5 Å². The first-order chi connectivity index (χ1) is 12.2. The highest BCUT2D eigenvalue weighted by Crippen LogP contribution is 2.52. The first kappa shape index (κ1) is 18.1. The second-order valence-corrected chi connectivity index (χ2v) is 8.28. The number of anilines is 1. The van der Waals surface area contributed by atoms with Gasteiger partial charge in [0.1, 0.15) is 23.9 Å². The molecule has 2 aliphatic rings. The van der Waals surface area contributed by atoms with Crippen molar-refractivity contribution < 1.29 is 13.2 Å². The van der Waals surface area contributed by atoms with E-state index < -0.39 is 12.7 Å². The summed E-state index contributed by atoms with van der Waals surface area (Å²) in [5.74, 6) is 0.818. The number of nitrogens with two attached hydrogens (primary N) is 1. The summed E-state index contributed by atoms with van der Waals surface area (Å²) in [6.45, 7) is 0.564. The molecule has 1 aliphatic carbocycles. The third-order valence-corrected chi connectivity index (χ3v) is 6.23. The minimum absolute atomic E-state index is 0.0521. The molecular weight excluding hydrogens is 389 g/mol. The molecule has 0 amide bonds. The molecule has 4 rings (SSSR count). The summed E-state index contributed by atoms with van der Waals surface area (Å²) in [5.41, 5.74) is 1.64. The zero-order valence-electron chi connectivity index (χ0n) is 14.0. The van der Waals surface area contributed by atoms with Crippen molar-refractivity contribution in [1.82, 2.24) is 18.8 Å². The predicted molar refractivity (Wildman–Crippen MR) is 95.7 cm³/mol. The van der Waals surface area contributed by atoms with E-state index in [1.807, 2.05) is 11.6 Å². The number of fused-ring (bicyclic) bond motifs is 1. The van der Waals surface area contributed by atoms with Crippen LogP contribution >= 0.6 is 23.7 Å². The van der Waals surface area contributed by atoms with Gasteiger partial charge in [0.25, 0.3) is 0 Å². The summed E-state index contributed by atoms with van der Waals surface area (Å²) in [7, 11) is 1.89. The fourth-order valence-electron chi connectivity index (χ4n) is 4.14. The van der Waals surface area contributed by atoms with Crippen LogP contribution in [-0.2, 0) is 7.05 Å². The van der Waals surface area contributed by atoms with Gasteiger partial charge in [-0.05, 0) is 12.8 Å². The summed E-state index contributed by atoms with van der Waals surface area (Å²) in [4.78, 5) is 10.8. The number of hydrogen-bond acceptors (Lipinski definition) is 6. The summed E-state index contributed by atoms with van der Waals surface area (Å²) in [5, 5.41) is 6.01. The van der Waals surface area contributed by atoms with E-state index in [1.54, 1.807) is 6.20 Å². The van der Waals surface area contributed by atoms with Gasteiger partial charge in [0, 0.05) is 49.9 Å². The Morgan fingerprint density at radius 1 is 1.38 bits per heavy atom. The Morgan fingerprint density at radius 2 is 2.08 bits per heavy atom. The van der Waals surface area contributed by atoms with Crippen LogP contribution in [0.4, 0.5) is 19.0 Å². The molecule has 11 heteroatoms. The van der Waals surface area contributed by atoms with Crippen LogP contribution in [0.5, 0.6) is 0 Å². The van der Waals surface area contributed by atoms with Crippen molar-refractivity contribution in [3.63, 3.8) is 0 Å². The highest BCUT2D eigenvalue weighted by atomic mass is 35.5. The molecule has 0 bridgehead atoms. The molecule has 142 valence electrons. The van der Waals surface area contributed by atoms with Gasteiger partial charge in [0.15, 0.2) is 5.82 Å². The Kier molecular flexibility index (Phi) is 4.29. The third kappa shape index (κ3) is 3.02. The Hall–Kier alpha value is -1.23. The number of nitrogens with zero attached hydrogens (tertiary/aromatic N) is 5. The molecule has 1 saturated heterocycles. The molecule has 0 radical (unpaired) electrons. The van der Waals surface area contributed by atoms with Crippen molar-refractivity contribution in [2.45, 2.75) is 25.1 Å². The molecule has 6 nitrogen and oxygen atoms in total. The van der Waals surface area contributed by atoms with Crippen LogP contribution in [0.2, 0.25) is 5.02 Å². The van der Waals surface area contributed by atoms with Crippen molar-refractivity contribution in [2.75, 3.05) is 24.5 Å². The Balaban J connectivity index is 1.43. The van der Waals surface area contributed by atoms with Gasteiger partial charge in [-0.3, -0.25) is 5.14 Å². The zero-order chi connectivity index (χ0) is 18.7. The van der Waals surface area contributed by atoms with E-state index in [9.17, 15) is 13.2 Å². The topological polar surface area (TPSA) is 63.2 Å². The van der Waals surface area contributed by atoms with E-state index in [0.717, 1.165) is 24.4 Å². The maximum absolute atomic E-state index is 12.6. The van der Waals surface area contributed by atoms with E-state index in [0.29, 0.717) is 35.5 Å². The molecule has 0 unspecified atom stereocenters. The van der Waals surface area contributed by atoms with Gasteiger partial charge < -0.3 is 9.47 Å². The Bertz CT molecular complexity index is 827. The quantitative estimate of drug-likeness (QED) is 0.787. The summed E-state index contributed by atoms with van der Waals surface area (Å²) in [6.07, 6.45) is 0.484.